The molecular formula is C20H19ClN4O3. The van der Waals surface area contributed by atoms with Gasteiger partial charge in [-0.2, -0.15) is 0 Å². The van der Waals surface area contributed by atoms with Crippen molar-refractivity contribution in [3.05, 3.63) is 60.1 Å². The van der Waals surface area contributed by atoms with Crippen LogP contribution in [0, 0.1) is 0 Å². The van der Waals surface area contributed by atoms with E-state index >= 15 is 0 Å². The fraction of sp³-hybridized carbons (Fsp3) is 0.200. The summed E-state index contributed by atoms with van der Waals surface area (Å²) in [6, 6.07) is 8.66. The minimum atomic E-state index is -1.06. The molecule has 0 saturated carbocycles. The topological polar surface area (TPSA) is 88.4 Å². The van der Waals surface area contributed by atoms with Gasteiger partial charge in [0.25, 0.3) is 0 Å². The number of benzene rings is 1. The lowest BCUT2D eigenvalue weighted by atomic mass is 10.1. The highest BCUT2D eigenvalue weighted by Gasteiger charge is 2.28. The lowest BCUT2D eigenvalue weighted by Gasteiger charge is -2.33. The van der Waals surface area contributed by atoms with Crippen molar-refractivity contribution in [3.63, 3.8) is 0 Å². The van der Waals surface area contributed by atoms with Crippen molar-refractivity contribution in [2.45, 2.75) is 26.3 Å². The zero-order chi connectivity index (χ0) is 20.3. The molecule has 3 aromatic rings. The number of nitrogens with zero attached hydrogens (tertiary/aromatic N) is 4. The van der Waals surface area contributed by atoms with Crippen LogP contribution in [-0.2, 0) is 0 Å². The van der Waals surface area contributed by atoms with Crippen LogP contribution in [0.25, 0.3) is 11.3 Å². The van der Waals surface area contributed by atoms with Gasteiger partial charge in [-0.15, -0.1) is 0 Å². The summed E-state index contributed by atoms with van der Waals surface area (Å²) < 4.78 is 5.71. The van der Waals surface area contributed by atoms with Gasteiger partial charge in [0.1, 0.15) is 5.75 Å². The van der Waals surface area contributed by atoms with E-state index in [9.17, 15) is 9.90 Å². The standard InChI is InChI=1S/C20H19ClN4O3/c1-20(2,3)25(19(26)27)15-7-13(9-22-10-15)17-11-23-12-18(24-17)28-16-6-4-5-14(21)8-16/h4-12H,1-3H3,(H,26,27). The average molecular weight is 399 g/mol. The first-order valence-corrected chi connectivity index (χ1v) is 8.86. The zero-order valence-electron chi connectivity index (χ0n) is 15.6. The smallest absolute Gasteiger partial charge is 0.412 e. The van der Waals surface area contributed by atoms with Crippen molar-refractivity contribution in [2.75, 3.05) is 4.90 Å². The van der Waals surface area contributed by atoms with E-state index < -0.39 is 11.6 Å². The maximum absolute atomic E-state index is 11.7. The summed E-state index contributed by atoms with van der Waals surface area (Å²) in [6.45, 7) is 5.44. The fourth-order valence-corrected chi connectivity index (χ4v) is 2.84. The van der Waals surface area contributed by atoms with E-state index in [0.717, 1.165) is 0 Å². The van der Waals surface area contributed by atoms with Crippen LogP contribution < -0.4 is 9.64 Å². The highest BCUT2D eigenvalue weighted by molar-refractivity contribution is 6.30. The Morgan fingerprint density at radius 1 is 1.11 bits per heavy atom. The number of hydrogen-bond donors (Lipinski definition) is 1. The SMILES string of the molecule is CC(C)(C)N(C(=O)O)c1cncc(-c2cncc(Oc3cccc(Cl)c3)n2)c1. The van der Waals surface area contributed by atoms with Crippen LogP contribution in [0.5, 0.6) is 11.6 Å². The number of carboxylic acid groups (broad SMARTS) is 1. The summed E-state index contributed by atoms with van der Waals surface area (Å²) in [4.78, 5) is 25.7. The lowest BCUT2D eigenvalue weighted by molar-refractivity contribution is 0.195. The molecular weight excluding hydrogens is 380 g/mol. The van der Waals surface area contributed by atoms with Crippen LogP contribution in [0.1, 0.15) is 20.8 Å². The predicted molar refractivity (Wildman–Crippen MR) is 107 cm³/mol. The van der Waals surface area contributed by atoms with Gasteiger partial charge in [0.15, 0.2) is 0 Å². The number of carbonyl (C=O) groups is 1. The normalized spacial score (nSPS) is 11.1. The van der Waals surface area contributed by atoms with E-state index in [4.69, 9.17) is 16.3 Å². The second kappa shape index (κ2) is 7.82. The highest BCUT2D eigenvalue weighted by atomic mass is 35.5. The van der Waals surface area contributed by atoms with Crippen LogP contribution in [0.4, 0.5) is 10.5 Å². The molecule has 1 aromatic carbocycles. The van der Waals surface area contributed by atoms with E-state index in [-0.39, 0.29) is 5.88 Å². The van der Waals surface area contributed by atoms with Gasteiger partial charge in [-0.05, 0) is 45.0 Å². The van der Waals surface area contributed by atoms with Crippen LogP contribution in [0.15, 0.2) is 55.1 Å². The summed E-state index contributed by atoms with van der Waals surface area (Å²) in [7, 11) is 0. The van der Waals surface area contributed by atoms with Crippen LogP contribution >= 0.6 is 11.6 Å². The molecule has 1 amide bonds. The minimum absolute atomic E-state index is 0.288. The molecule has 0 bridgehead atoms. The summed E-state index contributed by atoms with van der Waals surface area (Å²) in [5.74, 6) is 0.826. The Kier molecular flexibility index (Phi) is 5.46. The molecule has 1 N–H and O–H groups in total. The van der Waals surface area contributed by atoms with Crippen molar-refractivity contribution in [2.24, 2.45) is 0 Å². The second-order valence-electron chi connectivity index (χ2n) is 7.02. The van der Waals surface area contributed by atoms with Gasteiger partial charge in [0.05, 0.1) is 30.0 Å². The first-order valence-electron chi connectivity index (χ1n) is 8.48. The predicted octanol–water partition coefficient (Wildman–Crippen LogP) is 5.27. The summed E-state index contributed by atoms with van der Waals surface area (Å²) in [5, 5.41) is 10.1. The van der Waals surface area contributed by atoms with E-state index in [0.29, 0.717) is 27.7 Å². The summed E-state index contributed by atoms with van der Waals surface area (Å²) in [6.07, 6.45) is 5.09. The molecule has 0 aliphatic carbocycles. The Bertz CT molecular complexity index is 1000. The average Bonchev–Trinajstić information content (AvgIpc) is 2.61. The lowest BCUT2D eigenvalue weighted by Crippen LogP contribution is -2.45. The van der Waals surface area contributed by atoms with Gasteiger partial charge in [-0.3, -0.25) is 14.9 Å². The largest absolute Gasteiger partial charge is 0.465 e. The molecule has 0 spiro atoms. The Hall–Kier alpha value is -3.19. The Labute approximate surface area is 167 Å². The molecule has 0 aliphatic rings. The monoisotopic (exact) mass is 398 g/mol. The molecule has 0 unspecified atom stereocenters. The summed E-state index contributed by atoms with van der Waals surface area (Å²) >= 11 is 5.97. The van der Waals surface area contributed by atoms with Gasteiger partial charge < -0.3 is 9.84 Å². The molecule has 3 rings (SSSR count). The molecule has 0 fully saturated rings. The molecule has 7 nitrogen and oxygen atoms in total. The van der Waals surface area contributed by atoms with E-state index in [1.807, 2.05) is 20.8 Å². The maximum atomic E-state index is 11.7. The molecule has 2 aromatic heterocycles. The first-order chi connectivity index (χ1) is 13.2. The molecule has 0 atom stereocenters. The molecule has 0 radical (unpaired) electrons. The van der Waals surface area contributed by atoms with E-state index in [2.05, 4.69) is 15.0 Å². The minimum Gasteiger partial charge on any atom is -0.465 e. The molecule has 144 valence electrons. The molecule has 28 heavy (non-hydrogen) atoms. The van der Waals surface area contributed by atoms with Gasteiger partial charge in [0, 0.05) is 22.3 Å². The molecule has 0 aliphatic heterocycles. The Morgan fingerprint density at radius 2 is 1.86 bits per heavy atom. The highest BCUT2D eigenvalue weighted by Crippen LogP contribution is 2.29. The summed E-state index contributed by atoms with van der Waals surface area (Å²) in [5.41, 5.74) is 0.945. The third-order valence-corrected chi connectivity index (χ3v) is 4.01. The van der Waals surface area contributed by atoms with Gasteiger partial charge in [-0.1, -0.05) is 17.7 Å². The number of rotatable bonds is 4. The number of anilines is 1. The quantitative estimate of drug-likeness (QED) is 0.644. The zero-order valence-corrected chi connectivity index (χ0v) is 16.4. The number of amides is 1. The van der Waals surface area contributed by atoms with Crippen LogP contribution in [0.2, 0.25) is 5.02 Å². The van der Waals surface area contributed by atoms with Crippen LogP contribution in [0.3, 0.4) is 0 Å². The van der Waals surface area contributed by atoms with Gasteiger partial charge in [-0.25, -0.2) is 9.78 Å². The molecule has 2 heterocycles. The Morgan fingerprint density at radius 3 is 2.54 bits per heavy atom. The Balaban J connectivity index is 1.93. The van der Waals surface area contributed by atoms with Crippen molar-refractivity contribution < 1.29 is 14.6 Å². The van der Waals surface area contributed by atoms with Crippen molar-refractivity contribution in [1.82, 2.24) is 15.0 Å². The number of pyridine rings is 1. The van der Waals surface area contributed by atoms with Crippen molar-refractivity contribution in [1.29, 1.82) is 0 Å². The van der Waals surface area contributed by atoms with E-state index in [1.54, 1.807) is 42.7 Å². The molecule has 8 heteroatoms. The first kappa shape index (κ1) is 19.6. The number of ether oxygens (including phenoxy) is 1. The maximum Gasteiger partial charge on any atom is 0.412 e. The van der Waals surface area contributed by atoms with Gasteiger partial charge >= 0.3 is 6.09 Å². The number of halogens is 1. The van der Waals surface area contributed by atoms with Crippen molar-refractivity contribution >= 4 is 23.4 Å². The van der Waals surface area contributed by atoms with Crippen molar-refractivity contribution in [3.8, 4) is 22.9 Å². The molecule has 0 saturated heterocycles. The van der Waals surface area contributed by atoms with E-state index in [1.165, 1.54) is 17.3 Å². The second-order valence-corrected chi connectivity index (χ2v) is 7.46. The number of hydrogen-bond acceptors (Lipinski definition) is 5. The number of aromatic nitrogens is 3. The van der Waals surface area contributed by atoms with Crippen LogP contribution in [-0.4, -0.2) is 31.7 Å². The fourth-order valence-electron chi connectivity index (χ4n) is 2.66. The third kappa shape index (κ3) is 4.55. The third-order valence-electron chi connectivity index (χ3n) is 3.77. The van der Waals surface area contributed by atoms with Gasteiger partial charge in [0.2, 0.25) is 5.88 Å².